The number of nitrogens with zero attached hydrogens (tertiary/aromatic N) is 1. The van der Waals surface area contributed by atoms with E-state index < -0.39 is 0 Å². The third-order valence-electron chi connectivity index (χ3n) is 5.09. The molecule has 2 fully saturated rings. The second-order valence-corrected chi connectivity index (χ2v) is 6.90. The first kappa shape index (κ1) is 18.2. The Morgan fingerprint density at radius 3 is 2.74 bits per heavy atom. The van der Waals surface area contributed by atoms with Crippen LogP contribution in [0.4, 0.5) is 0 Å². The number of nitrogens with one attached hydrogen (secondary N) is 2. The van der Waals surface area contributed by atoms with Crippen LogP contribution in [0.5, 0.6) is 0 Å². The molecule has 2 rings (SSSR count). The van der Waals surface area contributed by atoms with Crippen LogP contribution in [0.2, 0.25) is 0 Å². The van der Waals surface area contributed by atoms with Gasteiger partial charge < -0.3 is 20.3 Å². The molecule has 0 saturated carbocycles. The van der Waals surface area contributed by atoms with Crippen molar-refractivity contribution in [2.75, 3.05) is 39.9 Å². The van der Waals surface area contributed by atoms with Gasteiger partial charge in [0.25, 0.3) is 0 Å². The highest BCUT2D eigenvalue weighted by Gasteiger charge is 2.36. The van der Waals surface area contributed by atoms with Gasteiger partial charge >= 0.3 is 0 Å². The van der Waals surface area contributed by atoms with Crippen LogP contribution in [-0.2, 0) is 14.3 Å². The molecular formula is C17H31N3O3. The van der Waals surface area contributed by atoms with Gasteiger partial charge in [-0.3, -0.25) is 9.59 Å². The summed E-state index contributed by atoms with van der Waals surface area (Å²) in [6.45, 7) is 5.93. The molecule has 2 aliphatic rings. The van der Waals surface area contributed by atoms with Gasteiger partial charge in [-0.15, -0.1) is 0 Å². The predicted octanol–water partition coefficient (Wildman–Crippen LogP) is 0.910. The van der Waals surface area contributed by atoms with Crippen LogP contribution >= 0.6 is 0 Å². The van der Waals surface area contributed by atoms with Crippen LogP contribution in [0.25, 0.3) is 0 Å². The van der Waals surface area contributed by atoms with Gasteiger partial charge in [-0.25, -0.2) is 0 Å². The minimum Gasteiger partial charge on any atom is -0.384 e. The van der Waals surface area contributed by atoms with Gasteiger partial charge in [-0.2, -0.15) is 0 Å². The SMILES string of the molecule is CCCC(=O)N1CCCC1C(=O)NCC1(COC)CCNCC1. The smallest absolute Gasteiger partial charge is 0.242 e. The summed E-state index contributed by atoms with van der Waals surface area (Å²) in [5.74, 6) is 0.111. The molecule has 132 valence electrons. The normalized spacial score (nSPS) is 23.7. The Morgan fingerprint density at radius 1 is 1.35 bits per heavy atom. The molecule has 0 bridgehead atoms. The summed E-state index contributed by atoms with van der Waals surface area (Å²) in [6.07, 6.45) is 5.06. The number of methoxy groups -OCH3 is 1. The highest BCUT2D eigenvalue weighted by Crippen LogP contribution is 2.28. The Hall–Kier alpha value is -1.14. The van der Waals surface area contributed by atoms with Gasteiger partial charge in [0.2, 0.25) is 11.8 Å². The molecule has 0 aromatic rings. The Bertz CT molecular complexity index is 402. The van der Waals surface area contributed by atoms with Crippen molar-refractivity contribution in [2.24, 2.45) is 5.41 Å². The lowest BCUT2D eigenvalue weighted by molar-refractivity contribution is -0.138. The molecule has 2 heterocycles. The van der Waals surface area contributed by atoms with E-state index in [-0.39, 0.29) is 23.3 Å². The number of hydrogen-bond acceptors (Lipinski definition) is 4. The van der Waals surface area contributed by atoms with E-state index in [0.29, 0.717) is 26.1 Å². The topological polar surface area (TPSA) is 70.7 Å². The average Bonchev–Trinajstić information content (AvgIpc) is 3.04. The van der Waals surface area contributed by atoms with Gasteiger partial charge in [-0.05, 0) is 45.2 Å². The van der Waals surface area contributed by atoms with Crippen molar-refractivity contribution < 1.29 is 14.3 Å². The maximum absolute atomic E-state index is 12.6. The van der Waals surface area contributed by atoms with Crippen LogP contribution in [0.3, 0.4) is 0 Å². The second-order valence-electron chi connectivity index (χ2n) is 6.90. The van der Waals surface area contributed by atoms with E-state index in [9.17, 15) is 9.59 Å². The fourth-order valence-corrected chi connectivity index (χ4v) is 3.72. The van der Waals surface area contributed by atoms with Gasteiger partial charge in [0, 0.05) is 32.0 Å². The molecule has 0 aliphatic carbocycles. The van der Waals surface area contributed by atoms with E-state index in [1.54, 1.807) is 12.0 Å². The van der Waals surface area contributed by atoms with E-state index in [4.69, 9.17) is 4.74 Å². The number of piperidine rings is 1. The summed E-state index contributed by atoms with van der Waals surface area (Å²) in [4.78, 5) is 26.5. The minimum absolute atomic E-state index is 0.000892. The Balaban J connectivity index is 1.90. The molecule has 0 aromatic carbocycles. The maximum atomic E-state index is 12.6. The summed E-state index contributed by atoms with van der Waals surface area (Å²) in [6, 6.07) is -0.282. The van der Waals surface area contributed by atoms with Gasteiger partial charge in [0.05, 0.1) is 6.61 Å². The summed E-state index contributed by atoms with van der Waals surface area (Å²) in [5, 5.41) is 6.46. The lowest BCUT2D eigenvalue weighted by atomic mass is 9.79. The summed E-state index contributed by atoms with van der Waals surface area (Å²) < 4.78 is 5.39. The summed E-state index contributed by atoms with van der Waals surface area (Å²) >= 11 is 0. The molecule has 6 nitrogen and oxygen atoms in total. The van der Waals surface area contributed by atoms with Crippen LogP contribution in [-0.4, -0.2) is 62.7 Å². The highest BCUT2D eigenvalue weighted by atomic mass is 16.5. The quantitative estimate of drug-likeness (QED) is 0.730. The molecule has 23 heavy (non-hydrogen) atoms. The largest absolute Gasteiger partial charge is 0.384 e. The first-order valence-electron chi connectivity index (χ1n) is 8.89. The van der Waals surface area contributed by atoms with Crippen molar-refractivity contribution in [3.05, 3.63) is 0 Å². The van der Waals surface area contributed by atoms with Crippen LogP contribution in [0.15, 0.2) is 0 Å². The van der Waals surface area contributed by atoms with E-state index in [1.807, 2.05) is 6.92 Å². The third kappa shape index (κ3) is 4.67. The first-order chi connectivity index (χ1) is 11.1. The number of hydrogen-bond donors (Lipinski definition) is 2. The fraction of sp³-hybridized carbons (Fsp3) is 0.882. The molecular weight excluding hydrogens is 294 g/mol. The molecule has 1 unspecified atom stereocenters. The predicted molar refractivity (Wildman–Crippen MR) is 89.1 cm³/mol. The standard InChI is InChI=1S/C17H31N3O3/c1-3-5-15(21)20-11-4-6-14(20)16(22)19-12-17(13-23-2)7-9-18-10-8-17/h14,18H,3-13H2,1-2H3,(H,19,22). The number of ether oxygens (including phenoxy) is 1. The Morgan fingerprint density at radius 2 is 2.09 bits per heavy atom. The third-order valence-corrected chi connectivity index (χ3v) is 5.09. The van der Waals surface area contributed by atoms with Gasteiger partial charge in [0.15, 0.2) is 0 Å². The molecule has 2 aliphatic heterocycles. The van der Waals surface area contributed by atoms with Crippen molar-refractivity contribution in [2.45, 2.75) is 51.5 Å². The fourth-order valence-electron chi connectivity index (χ4n) is 3.72. The van der Waals surface area contributed by atoms with Crippen molar-refractivity contribution in [3.63, 3.8) is 0 Å². The Kier molecular flexibility index (Phi) is 6.84. The zero-order valence-electron chi connectivity index (χ0n) is 14.5. The van der Waals surface area contributed by atoms with E-state index >= 15 is 0 Å². The lowest BCUT2D eigenvalue weighted by Crippen LogP contribution is -2.51. The maximum Gasteiger partial charge on any atom is 0.242 e. The monoisotopic (exact) mass is 325 g/mol. The average molecular weight is 325 g/mol. The van der Waals surface area contributed by atoms with Crippen molar-refractivity contribution in [1.82, 2.24) is 15.5 Å². The van der Waals surface area contributed by atoms with Crippen LogP contribution < -0.4 is 10.6 Å². The number of amides is 2. The molecule has 2 saturated heterocycles. The first-order valence-corrected chi connectivity index (χ1v) is 8.89. The number of carbonyl (C=O) groups excluding carboxylic acids is 2. The number of likely N-dealkylation sites (tertiary alicyclic amines) is 1. The molecule has 0 aromatic heterocycles. The summed E-state index contributed by atoms with van der Waals surface area (Å²) in [7, 11) is 1.72. The van der Waals surface area contributed by atoms with Crippen LogP contribution in [0, 0.1) is 5.41 Å². The molecule has 6 heteroatoms. The second kappa shape index (κ2) is 8.64. The molecule has 2 amide bonds. The minimum atomic E-state index is -0.282. The number of carbonyl (C=O) groups is 2. The van der Waals surface area contributed by atoms with Gasteiger partial charge in [-0.1, -0.05) is 6.92 Å². The van der Waals surface area contributed by atoms with Crippen molar-refractivity contribution in [1.29, 1.82) is 0 Å². The van der Waals surface area contributed by atoms with Crippen LogP contribution in [0.1, 0.15) is 45.4 Å². The zero-order chi connectivity index (χ0) is 16.7. The van der Waals surface area contributed by atoms with E-state index in [0.717, 1.165) is 45.2 Å². The summed E-state index contributed by atoms with van der Waals surface area (Å²) in [5.41, 5.74) is 0.0204. The molecule has 0 radical (unpaired) electrons. The van der Waals surface area contributed by atoms with E-state index in [1.165, 1.54) is 0 Å². The zero-order valence-corrected chi connectivity index (χ0v) is 14.5. The van der Waals surface area contributed by atoms with Gasteiger partial charge in [0.1, 0.15) is 6.04 Å². The molecule has 1 atom stereocenters. The number of rotatable bonds is 7. The lowest BCUT2D eigenvalue weighted by Gasteiger charge is -2.37. The van der Waals surface area contributed by atoms with Crippen molar-refractivity contribution in [3.8, 4) is 0 Å². The molecule has 2 N–H and O–H groups in total. The Labute approximate surface area is 139 Å². The van der Waals surface area contributed by atoms with Crippen molar-refractivity contribution >= 4 is 11.8 Å². The highest BCUT2D eigenvalue weighted by molar-refractivity contribution is 5.88. The van der Waals surface area contributed by atoms with E-state index in [2.05, 4.69) is 10.6 Å². The molecule has 0 spiro atoms.